The Morgan fingerprint density at radius 1 is 1.04 bits per heavy atom. The van der Waals surface area contributed by atoms with Crippen molar-refractivity contribution in [2.24, 2.45) is 5.92 Å². The van der Waals surface area contributed by atoms with Crippen LogP contribution in [0.1, 0.15) is 54.6 Å². The molecule has 27 heavy (non-hydrogen) atoms. The topological polar surface area (TPSA) is 63.8 Å². The molecule has 0 unspecified atom stereocenters. The third-order valence-corrected chi connectivity index (χ3v) is 5.37. The van der Waals surface area contributed by atoms with Crippen LogP contribution in [0.25, 0.3) is 22.4 Å². The molecule has 0 aliphatic heterocycles. The number of aromatic nitrogens is 3. The highest BCUT2D eigenvalue weighted by atomic mass is 16.5. The van der Waals surface area contributed by atoms with Gasteiger partial charge in [-0.15, -0.1) is 0 Å². The molecular formula is C22H28N4O. The van der Waals surface area contributed by atoms with Crippen molar-refractivity contribution >= 4 is 16.9 Å². The van der Waals surface area contributed by atoms with Crippen molar-refractivity contribution in [1.29, 1.82) is 0 Å². The summed E-state index contributed by atoms with van der Waals surface area (Å²) in [7, 11) is 0. The molecular weight excluding hydrogens is 336 g/mol. The minimum Gasteiger partial charge on any atom is -0.367 e. The second-order valence-electron chi connectivity index (χ2n) is 7.97. The normalized spacial score (nSPS) is 14.1. The van der Waals surface area contributed by atoms with E-state index in [9.17, 15) is 0 Å². The summed E-state index contributed by atoms with van der Waals surface area (Å²) in [6.45, 7) is 9.16. The van der Waals surface area contributed by atoms with Gasteiger partial charge in [0.1, 0.15) is 17.0 Å². The molecule has 0 amide bonds. The molecule has 1 aliphatic rings. The first-order chi connectivity index (χ1) is 13.0. The van der Waals surface area contributed by atoms with Crippen LogP contribution in [0, 0.1) is 33.6 Å². The van der Waals surface area contributed by atoms with Crippen LogP contribution in [0.15, 0.2) is 16.7 Å². The van der Waals surface area contributed by atoms with E-state index in [1.54, 1.807) is 0 Å². The third kappa shape index (κ3) is 3.82. The Morgan fingerprint density at radius 2 is 1.78 bits per heavy atom. The minimum atomic E-state index is 0.650. The maximum atomic E-state index is 5.70. The Kier molecular flexibility index (Phi) is 4.85. The molecule has 1 saturated carbocycles. The summed E-state index contributed by atoms with van der Waals surface area (Å²) in [6, 6.07) is 4.35. The summed E-state index contributed by atoms with van der Waals surface area (Å²) in [5, 5.41) is 7.82. The van der Waals surface area contributed by atoms with Gasteiger partial charge in [-0.3, -0.25) is 0 Å². The Labute approximate surface area is 160 Å². The van der Waals surface area contributed by atoms with Crippen LogP contribution < -0.4 is 5.32 Å². The largest absolute Gasteiger partial charge is 0.367 e. The predicted octanol–water partition coefficient (Wildman–Crippen LogP) is 5.51. The van der Waals surface area contributed by atoms with E-state index in [1.165, 1.54) is 42.4 Å². The van der Waals surface area contributed by atoms with Crippen LogP contribution >= 0.6 is 0 Å². The van der Waals surface area contributed by atoms with Crippen molar-refractivity contribution in [1.82, 2.24) is 15.1 Å². The third-order valence-electron chi connectivity index (χ3n) is 5.37. The fraction of sp³-hybridized carbons (Fsp3) is 0.500. The lowest BCUT2D eigenvalue weighted by Crippen LogP contribution is -2.05. The molecule has 4 rings (SSSR count). The number of hydrogen-bond acceptors (Lipinski definition) is 5. The van der Waals surface area contributed by atoms with Gasteiger partial charge in [-0.2, -0.15) is 0 Å². The molecule has 2 heterocycles. The van der Waals surface area contributed by atoms with E-state index in [2.05, 4.69) is 53.3 Å². The van der Waals surface area contributed by atoms with Gasteiger partial charge in [-0.05, 0) is 51.2 Å². The maximum Gasteiger partial charge on any atom is 0.228 e. The quantitative estimate of drug-likeness (QED) is 0.560. The summed E-state index contributed by atoms with van der Waals surface area (Å²) in [5.41, 5.74) is 6.98. The second-order valence-corrected chi connectivity index (χ2v) is 7.97. The first-order valence-corrected chi connectivity index (χ1v) is 9.99. The molecule has 1 aliphatic carbocycles. The number of nitrogens with one attached hydrogen (secondary N) is 1. The van der Waals surface area contributed by atoms with Crippen LogP contribution in [0.4, 0.5) is 5.82 Å². The monoisotopic (exact) mass is 364 g/mol. The summed E-state index contributed by atoms with van der Waals surface area (Å²) < 4.78 is 5.70. The maximum absolute atomic E-state index is 5.70. The average Bonchev–Trinajstić information content (AvgIpc) is 3.33. The van der Waals surface area contributed by atoms with Crippen molar-refractivity contribution in [3.8, 4) is 11.3 Å². The van der Waals surface area contributed by atoms with Gasteiger partial charge in [0.25, 0.3) is 0 Å². The van der Waals surface area contributed by atoms with Crippen LogP contribution in [0.2, 0.25) is 0 Å². The summed E-state index contributed by atoms with van der Waals surface area (Å²) in [5.74, 6) is 2.48. The number of fused-ring (bicyclic) bond motifs is 1. The molecule has 1 aromatic carbocycles. The highest BCUT2D eigenvalue weighted by molar-refractivity contribution is 5.95. The van der Waals surface area contributed by atoms with E-state index in [4.69, 9.17) is 4.52 Å². The highest BCUT2D eigenvalue weighted by Crippen LogP contribution is 2.35. The van der Waals surface area contributed by atoms with Gasteiger partial charge in [0.05, 0.1) is 0 Å². The number of nitrogens with zero attached hydrogens (tertiary/aromatic N) is 3. The molecule has 2 aromatic heterocycles. The second kappa shape index (κ2) is 7.29. The Balaban J connectivity index is 1.62. The SMILES string of the molecule is Cc1cc(C)c(-c2noc3c(NCCCCC4CC4)nc(C)nc23)c(C)c1. The van der Waals surface area contributed by atoms with Crippen molar-refractivity contribution in [2.45, 2.75) is 59.8 Å². The van der Waals surface area contributed by atoms with Gasteiger partial charge in [-0.25, -0.2) is 9.97 Å². The van der Waals surface area contributed by atoms with E-state index in [-0.39, 0.29) is 0 Å². The first kappa shape index (κ1) is 18.0. The minimum absolute atomic E-state index is 0.650. The van der Waals surface area contributed by atoms with Crippen LogP contribution in [-0.4, -0.2) is 21.7 Å². The fourth-order valence-corrected chi connectivity index (χ4v) is 3.95. The van der Waals surface area contributed by atoms with E-state index in [0.29, 0.717) is 5.58 Å². The van der Waals surface area contributed by atoms with Crippen molar-refractivity contribution in [3.63, 3.8) is 0 Å². The van der Waals surface area contributed by atoms with Crippen molar-refractivity contribution in [3.05, 3.63) is 34.6 Å². The number of hydrogen-bond donors (Lipinski definition) is 1. The van der Waals surface area contributed by atoms with Gasteiger partial charge < -0.3 is 9.84 Å². The van der Waals surface area contributed by atoms with Crippen molar-refractivity contribution < 1.29 is 4.52 Å². The van der Waals surface area contributed by atoms with Gasteiger partial charge in [-0.1, -0.05) is 48.5 Å². The fourth-order valence-electron chi connectivity index (χ4n) is 3.95. The van der Waals surface area contributed by atoms with Crippen LogP contribution in [-0.2, 0) is 0 Å². The van der Waals surface area contributed by atoms with E-state index in [0.717, 1.165) is 47.3 Å². The zero-order chi connectivity index (χ0) is 19.0. The molecule has 1 N–H and O–H groups in total. The zero-order valence-corrected chi connectivity index (χ0v) is 16.7. The molecule has 142 valence electrons. The summed E-state index contributed by atoms with van der Waals surface area (Å²) in [4.78, 5) is 9.20. The Bertz CT molecular complexity index is 949. The molecule has 0 radical (unpaired) electrons. The smallest absolute Gasteiger partial charge is 0.228 e. The molecule has 0 bridgehead atoms. The van der Waals surface area contributed by atoms with Gasteiger partial charge in [0, 0.05) is 12.1 Å². The molecule has 3 aromatic rings. The predicted molar refractivity (Wildman–Crippen MR) is 109 cm³/mol. The number of rotatable bonds is 7. The van der Waals surface area contributed by atoms with Gasteiger partial charge in [0.2, 0.25) is 5.58 Å². The Morgan fingerprint density at radius 3 is 2.48 bits per heavy atom. The van der Waals surface area contributed by atoms with Gasteiger partial charge in [0.15, 0.2) is 5.82 Å². The number of benzene rings is 1. The molecule has 5 nitrogen and oxygen atoms in total. The lowest BCUT2D eigenvalue weighted by atomic mass is 9.97. The molecule has 1 fully saturated rings. The van der Waals surface area contributed by atoms with Crippen LogP contribution in [0.5, 0.6) is 0 Å². The summed E-state index contributed by atoms with van der Waals surface area (Å²) in [6.07, 6.45) is 6.64. The average molecular weight is 364 g/mol. The number of anilines is 1. The lowest BCUT2D eigenvalue weighted by molar-refractivity contribution is 0.459. The number of aryl methyl sites for hydroxylation is 4. The van der Waals surface area contributed by atoms with E-state index >= 15 is 0 Å². The molecule has 0 saturated heterocycles. The highest BCUT2D eigenvalue weighted by Gasteiger charge is 2.21. The standard InChI is InChI=1S/C22H28N4O/c1-13-11-14(2)18(15(3)12-13)19-20-21(27-26-19)22(25-16(4)24-20)23-10-6-5-7-17-8-9-17/h11-12,17H,5-10H2,1-4H3,(H,23,24,25). The van der Waals surface area contributed by atoms with Gasteiger partial charge >= 0.3 is 0 Å². The zero-order valence-electron chi connectivity index (χ0n) is 16.7. The van der Waals surface area contributed by atoms with Crippen molar-refractivity contribution in [2.75, 3.05) is 11.9 Å². The molecule has 0 spiro atoms. The summed E-state index contributed by atoms with van der Waals surface area (Å²) >= 11 is 0. The first-order valence-electron chi connectivity index (χ1n) is 9.99. The molecule has 5 heteroatoms. The Hall–Kier alpha value is -2.43. The van der Waals surface area contributed by atoms with Crippen LogP contribution in [0.3, 0.4) is 0 Å². The molecule has 0 atom stereocenters. The lowest BCUT2D eigenvalue weighted by Gasteiger charge is -2.09. The van der Waals surface area contributed by atoms with E-state index in [1.807, 2.05) is 6.92 Å². The number of unbranched alkanes of at least 4 members (excludes halogenated alkanes) is 1. The van der Waals surface area contributed by atoms with E-state index < -0.39 is 0 Å².